The van der Waals surface area contributed by atoms with Crippen molar-refractivity contribution in [3.05, 3.63) is 71.0 Å². The fourth-order valence-electron chi connectivity index (χ4n) is 2.90. The van der Waals surface area contributed by atoms with Crippen LogP contribution in [0.4, 0.5) is 9.52 Å². The largest absolute Gasteiger partial charge is 0.300 e. The van der Waals surface area contributed by atoms with E-state index >= 15 is 0 Å². The van der Waals surface area contributed by atoms with Crippen molar-refractivity contribution in [1.29, 1.82) is 5.26 Å². The van der Waals surface area contributed by atoms with Crippen LogP contribution in [0.5, 0.6) is 0 Å². The molecule has 1 heterocycles. The van der Waals surface area contributed by atoms with Crippen LogP contribution in [0.15, 0.2) is 52.9 Å². The fourth-order valence-corrected chi connectivity index (χ4v) is 4.61. The molecule has 0 spiro atoms. The summed E-state index contributed by atoms with van der Waals surface area (Å²) in [5, 5.41) is 20.3. The molecule has 0 radical (unpaired) electrons. The maximum absolute atomic E-state index is 13.0. The van der Waals surface area contributed by atoms with Crippen molar-refractivity contribution in [3.63, 3.8) is 0 Å². The Bertz CT molecular complexity index is 1030. The third kappa shape index (κ3) is 4.38. The third-order valence-electron chi connectivity index (χ3n) is 4.51. The van der Waals surface area contributed by atoms with Gasteiger partial charge in [-0.1, -0.05) is 47.4 Å². The lowest BCUT2D eigenvalue weighted by Crippen LogP contribution is -2.14. The highest BCUT2D eigenvalue weighted by Crippen LogP contribution is 2.48. The van der Waals surface area contributed by atoms with E-state index in [4.69, 9.17) is 5.26 Å². The van der Waals surface area contributed by atoms with Crippen LogP contribution in [0, 0.1) is 23.1 Å². The second kappa shape index (κ2) is 8.09. The lowest BCUT2D eigenvalue weighted by molar-refractivity contribution is -0.117. The molecule has 1 saturated carbocycles. The minimum atomic E-state index is -0.273. The Morgan fingerprint density at radius 1 is 1.21 bits per heavy atom. The zero-order chi connectivity index (χ0) is 19.5. The number of hydrogen-bond acceptors (Lipinski definition) is 6. The molecule has 1 fully saturated rings. The van der Waals surface area contributed by atoms with E-state index in [1.807, 2.05) is 12.1 Å². The molecule has 1 aliphatic rings. The predicted octanol–water partition coefficient (Wildman–Crippen LogP) is 4.58. The van der Waals surface area contributed by atoms with Crippen LogP contribution in [-0.4, -0.2) is 16.1 Å². The quantitative estimate of drug-likeness (QED) is 0.475. The summed E-state index contributed by atoms with van der Waals surface area (Å²) in [5.74, 6) is 0.395. The summed E-state index contributed by atoms with van der Waals surface area (Å²) in [4.78, 5) is 12.4. The number of hydrogen-bond donors (Lipinski definition) is 1. The second-order valence-corrected chi connectivity index (χ2v) is 8.66. The van der Waals surface area contributed by atoms with Gasteiger partial charge < -0.3 is 5.32 Å². The van der Waals surface area contributed by atoms with Crippen molar-refractivity contribution in [3.8, 4) is 6.07 Å². The number of carbonyl (C=O) groups is 1. The molecule has 28 heavy (non-hydrogen) atoms. The Kier molecular flexibility index (Phi) is 5.37. The zero-order valence-electron chi connectivity index (χ0n) is 14.6. The summed E-state index contributed by atoms with van der Waals surface area (Å²) in [7, 11) is 0. The number of amides is 1. The van der Waals surface area contributed by atoms with Crippen LogP contribution >= 0.6 is 23.1 Å². The molecule has 5 nitrogen and oxygen atoms in total. The smallest absolute Gasteiger partial charge is 0.229 e. The lowest BCUT2D eigenvalue weighted by atomic mass is 10.1. The fraction of sp³-hybridized carbons (Fsp3) is 0.200. The molecular formula is C20H15FN4OS2. The molecule has 2 unspecified atom stereocenters. The van der Waals surface area contributed by atoms with Gasteiger partial charge in [0.2, 0.25) is 11.0 Å². The van der Waals surface area contributed by atoms with E-state index in [-0.39, 0.29) is 23.6 Å². The predicted molar refractivity (Wildman–Crippen MR) is 107 cm³/mol. The third-order valence-corrected chi connectivity index (χ3v) is 6.55. The molecule has 1 amide bonds. The van der Waals surface area contributed by atoms with Crippen molar-refractivity contribution < 1.29 is 9.18 Å². The summed E-state index contributed by atoms with van der Waals surface area (Å²) >= 11 is 2.87. The van der Waals surface area contributed by atoms with E-state index in [1.165, 1.54) is 35.2 Å². The number of benzene rings is 2. The van der Waals surface area contributed by atoms with Crippen molar-refractivity contribution in [2.45, 2.75) is 22.4 Å². The summed E-state index contributed by atoms with van der Waals surface area (Å²) in [6, 6.07) is 15.8. The number of nitrogens with one attached hydrogen (secondary N) is 1. The van der Waals surface area contributed by atoms with Gasteiger partial charge in [-0.15, -0.1) is 10.2 Å². The van der Waals surface area contributed by atoms with E-state index in [1.54, 1.807) is 24.3 Å². The monoisotopic (exact) mass is 410 g/mol. The van der Waals surface area contributed by atoms with Gasteiger partial charge in [-0.05, 0) is 47.7 Å². The number of nitrogens with zero attached hydrogens (tertiary/aromatic N) is 3. The second-order valence-electron chi connectivity index (χ2n) is 6.46. The molecule has 0 aliphatic heterocycles. The van der Waals surface area contributed by atoms with Crippen LogP contribution in [0.1, 0.15) is 29.0 Å². The number of nitriles is 1. The first-order valence-electron chi connectivity index (χ1n) is 8.64. The van der Waals surface area contributed by atoms with Gasteiger partial charge in [-0.25, -0.2) is 4.39 Å². The van der Waals surface area contributed by atoms with Gasteiger partial charge in [0, 0.05) is 11.7 Å². The molecule has 2 atom stereocenters. The minimum Gasteiger partial charge on any atom is -0.300 e. The van der Waals surface area contributed by atoms with Crippen LogP contribution in [-0.2, 0) is 10.5 Å². The molecule has 0 bridgehead atoms. The Morgan fingerprint density at radius 2 is 1.96 bits per heavy atom. The van der Waals surface area contributed by atoms with Gasteiger partial charge in [0.15, 0.2) is 4.34 Å². The Labute approximate surface area is 169 Å². The van der Waals surface area contributed by atoms with Crippen molar-refractivity contribution in [1.82, 2.24) is 10.2 Å². The number of halogens is 1. The van der Waals surface area contributed by atoms with Crippen molar-refractivity contribution in [2.75, 3.05) is 5.32 Å². The van der Waals surface area contributed by atoms with Crippen molar-refractivity contribution in [2.24, 2.45) is 5.92 Å². The average molecular weight is 410 g/mol. The molecule has 1 aromatic heterocycles. The zero-order valence-corrected chi connectivity index (χ0v) is 16.3. The van der Waals surface area contributed by atoms with E-state index in [0.29, 0.717) is 16.4 Å². The lowest BCUT2D eigenvalue weighted by Gasteiger charge is -2.01. The van der Waals surface area contributed by atoms with Gasteiger partial charge in [0.25, 0.3) is 0 Å². The first-order chi connectivity index (χ1) is 13.6. The van der Waals surface area contributed by atoms with E-state index in [2.05, 4.69) is 21.6 Å². The van der Waals surface area contributed by atoms with Crippen molar-refractivity contribution >= 4 is 34.1 Å². The summed E-state index contributed by atoms with van der Waals surface area (Å²) in [6.07, 6.45) is 0.760. The molecule has 3 aromatic rings. The molecule has 140 valence electrons. The van der Waals surface area contributed by atoms with Gasteiger partial charge in [-0.3, -0.25) is 4.79 Å². The highest BCUT2D eigenvalue weighted by molar-refractivity contribution is 8.00. The van der Waals surface area contributed by atoms with Crippen LogP contribution < -0.4 is 5.32 Å². The molecule has 0 saturated heterocycles. The van der Waals surface area contributed by atoms with Crippen LogP contribution in [0.3, 0.4) is 0 Å². The highest BCUT2D eigenvalue weighted by Gasteiger charge is 2.44. The van der Waals surface area contributed by atoms with Gasteiger partial charge >= 0.3 is 0 Å². The van der Waals surface area contributed by atoms with Crippen LogP contribution in [0.25, 0.3) is 0 Å². The maximum Gasteiger partial charge on any atom is 0.229 e. The molecule has 1 aliphatic carbocycles. The highest BCUT2D eigenvalue weighted by atomic mass is 32.2. The number of thioether (sulfide) groups is 1. The van der Waals surface area contributed by atoms with Gasteiger partial charge in [0.1, 0.15) is 5.82 Å². The Balaban J connectivity index is 1.29. The standard InChI is InChI=1S/C20H15FN4OS2/c21-15-7-5-14(6-8-15)16-9-17(16)18(26)23-19-24-25-20(28-19)27-11-13-3-1-12(10-22)2-4-13/h1-8,16-17H,9,11H2,(H,23,24,26). The summed E-state index contributed by atoms with van der Waals surface area (Å²) in [5.41, 5.74) is 2.70. The average Bonchev–Trinajstić information content (AvgIpc) is 3.40. The molecule has 8 heteroatoms. The topological polar surface area (TPSA) is 78.7 Å². The number of aromatic nitrogens is 2. The first-order valence-corrected chi connectivity index (χ1v) is 10.4. The summed E-state index contributed by atoms with van der Waals surface area (Å²) in [6.45, 7) is 0. The molecule has 2 aromatic carbocycles. The normalized spacial score (nSPS) is 17.7. The minimum absolute atomic E-state index is 0.0749. The Hall–Kier alpha value is -2.76. The molecular weight excluding hydrogens is 395 g/mol. The molecule has 1 N–H and O–H groups in total. The van der Waals surface area contributed by atoms with Gasteiger partial charge in [-0.2, -0.15) is 5.26 Å². The SMILES string of the molecule is N#Cc1ccc(CSc2nnc(NC(=O)C3CC3c3ccc(F)cc3)s2)cc1. The van der Waals surface area contributed by atoms with Gasteiger partial charge in [0.05, 0.1) is 11.6 Å². The maximum atomic E-state index is 13.0. The number of anilines is 1. The Morgan fingerprint density at radius 3 is 2.68 bits per heavy atom. The first kappa shape index (κ1) is 18.6. The number of carbonyl (C=O) groups excluding carboxylic acids is 1. The van der Waals surface area contributed by atoms with E-state index in [9.17, 15) is 9.18 Å². The van der Waals surface area contributed by atoms with Crippen LogP contribution in [0.2, 0.25) is 0 Å². The van der Waals surface area contributed by atoms with E-state index in [0.717, 1.165) is 21.9 Å². The number of rotatable bonds is 6. The molecule has 4 rings (SSSR count). The summed E-state index contributed by atoms with van der Waals surface area (Å²) < 4.78 is 13.8. The van der Waals surface area contributed by atoms with E-state index < -0.39 is 0 Å².